The Morgan fingerprint density at radius 3 is 3.12 bits per heavy atom. The zero-order valence-corrected chi connectivity index (χ0v) is 9.81. The summed E-state index contributed by atoms with van der Waals surface area (Å²) in [5.74, 6) is 0.0530. The van der Waals surface area contributed by atoms with Crippen LogP contribution in [-0.2, 0) is 0 Å². The maximum absolute atomic E-state index is 12.2. The predicted octanol–water partition coefficient (Wildman–Crippen LogP) is 0.0901. The van der Waals surface area contributed by atoms with Crippen LogP contribution in [0.2, 0.25) is 0 Å². The summed E-state index contributed by atoms with van der Waals surface area (Å²) in [7, 11) is 1.85. The number of nitrogens with zero attached hydrogens (tertiary/aromatic N) is 2. The third-order valence-corrected chi connectivity index (χ3v) is 3.57. The highest BCUT2D eigenvalue weighted by molar-refractivity contribution is 6.04. The number of benzene rings is 1. The number of fused-ring (bicyclic) bond motifs is 3. The molecule has 90 valence electrons. The molecule has 1 aromatic carbocycles. The van der Waals surface area contributed by atoms with Gasteiger partial charge in [0.25, 0.3) is 5.91 Å². The second-order valence-corrected chi connectivity index (χ2v) is 4.54. The van der Waals surface area contributed by atoms with Gasteiger partial charge < -0.3 is 20.9 Å². The van der Waals surface area contributed by atoms with Crippen LogP contribution in [0.25, 0.3) is 0 Å². The SMILES string of the molecule is CN1C(=O)c2cccc(N)c2N2CCNCC12. The summed E-state index contributed by atoms with van der Waals surface area (Å²) in [4.78, 5) is 16.2. The van der Waals surface area contributed by atoms with Crippen LogP contribution in [0.4, 0.5) is 11.4 Å². The summed E-state index contributed by atoms with van der Waals surface area (Å²) in [5, 5.41) is 3.31. The molecule has 1 saturated heterocycles. The summed E-state index contributed by atoms with van der Waals surface area (Å²) < 4.78 is 0. The number of nitrogen functional groups attached to an aromatic ring is 1. The van der Waals surface area contributed by atoms with E-state index in [-0.39, 0.29) is 12.1 Å². The van der Waals surface area contributed by atoms with E-state index in [1.54, 1.807) is 4.90 Å². The smallest absolute Gasteiger partial charge is 0.257 e. The first-order valence-electron chi connectivity index (χ1n) is 5.83. The van der Waals surface area contributed by atoms with Gasteiger partial charge in [-0.15, -0.1) is 0 Å². The molecule has 3 N–H and O–H groups in total. The van der Waals surface area contributed by atoms with Crippen LogP contribution in [0, 0.1) is 0 Å². The lowest BCUT2D eigenvalue weighted by molar-refractivity contribution is 0.0695. The number of nitrogens with one attached hydrogen (secondary N) is 1. The van der Waals surface area contributed by atoms with E-state index in [0.29, 0.717) is 11.3 Å². The normalized spacial score (nSPS) is 23.4. The van der Waals surface area contributed by atoms with Crippen molar-refractivity contribution < 1.29 is 4.79 Å². The van der Waals surface area contributed by atoms with Crippen molar-refractivity contribution in [3.05, 3.63) is 23.8 Å². The highest BCUT2D eigenvalue weighted by Gasteiger charge is 2.37. The Bertz CT molecular complexity index is 474. The van der Waals surface area contributed by atoms with Crippen LogP contribution >= 0.6 is 0 Å². The number of para-hydroxylation sites is 1. The molecule has 2 aliphatic rings. The highest BCUT2D eigenvalue weighted by atomic mass is 16.2. The van der Waals surface area contributed by atoms with E-state index in [1.807, 2.05) is 25.2 Å². The Labute approximate surface area is 100 Å². The summed E-state index contributed by atoms with van der Waals surface area (Å²) >= 11 is 0. The molecule has 1 fully saturated rings. The van der Waals surface area contributed by atoms with Crippen LogP contribution in [0.1, 0.15) is 10.4 Å². The molecule has 0 bridgehead atoms. The number of hydrogen-bond donors (Lipinski definition) is 2. The molecular weight excluding hydrogens is 216 g/mol. The Kier molecular flexibility index (Phi) is 2.22. The van der Waals surface area contributed by atoms with Gasteiger partial charge in [0, 0.05) is 26.7 Å². The minimum absolute atomic E-state index is 0.0530. The second-order valence-electron chi connectivity index (χ2n) is 4.54. The molecule has 2 aliphatic heterocycles. The lowest BCUT2D eigenvalue weighted by Gasteiger charge is -2.47. The van der Waals surface area contributed by atoms with Gasteiger partial charge in [0.2, 0.25) is 0 Å². The minimum atomic E-state index is 0.0530. The van der Waals surface area contributed by atoms with Gasteiger partial charge in [-0.2, -0.15) is 0 Å². The number of carbonyl (C=O) groups is 1. The van der Waals surface area contributed by atoms with Gasteiger partial charge in [0.1, 0.15) is 6.17 Å². The van der Waals surface area contributed by atoms with E-state index in [0.717, 1.165) is 25.3 Å². The quantitative estimate of drug-likeness (QED) is 0.622. The molecule has 0 aliphatic carbocycles. The molecule has 1 amide bonds. The number of hydrogen-bond acceptors (Lipinski definition) is 4. The lowest BCUT2D eigenvalue weighted by Crippen LogP contribution is -2.62. The molecule has 0 radical (unpaired) electrons. The van der Waals surface area contributed by atoms with E-state index in [1.165, 1.54) is 0 Å². The average molecular weight is 232 g/mol. The predicted molar refractivity (Wildman–Crippen MR) is 67.0 cm³/mol. The third-order valence-electron chi connectivity index (χ3n) is 3.57. The Morgan fingerprint density at radius 2 is 2.29 bits per heavy atom. The molecule has 5 nitrogen and oxygen atoms in total. The van der Waals surface area contributed by atoms with E-state index in [4.69, 9.17) is 5.73 Å². The summed E-state index contributed by atoms with van der Waals surface area (Å²) in [6, 6.07) is 5.54. The first-order chi connectivity index (χ1) is 8.20. The average Bonchev–Trinajstić information content (AvgIpc) is 2.36. The van der Waals surface area contributed by atoms with Crippen molar-refractivity contribution in [3.8, 4) is 0 Å². The van der Waals surface area contributed by atoms with Crippen molar-refractivity contribution in [2.75, 3.05) is 37.3 Å². The van der Waals surface area contributed by atoms with Gasteiger partial charge in [-0.05, 0) is 12.1 Å². The van der Waals surface area contributed by atoms with Crippen LogP contribution in [0.15, 0.2) is 18.2 Å². The van der Waals surface area contributed by atoms with Gasteiger partial charge in [-0.1, -0.05) is 6.07 Å². The number of rotatable bonds is 0. The van der Waals surface area contributed by atoms with Crippen molar-refractivity contribution in [1.82, 2.24) is 10.2 Å². The Balaban J connectivity index is 2.16. The van der Waals surface area contributed by atoms with E-state index in [2.05, 4.69) is 10.2 Å². The van der Waals surface area contributed by atoms with Crippen LogP contribution in [0.3, 0.4) is 0 Å². The molecule has 0 spiro atoms. The van der Waals surface area contributed by atoms with Gasteiger partial charge in [-0.25, -0.2) is 0 Å². The van der Waals surface area contributed by atoms with Gasteiger partial charge in [0.15, 0.2) is 0 Å². The van der Waals surface area contributed by atoms with Crippen molar-refractivity contribution in [1.29, 1.82) is 0 Å². The zero-order chi connectivity index (χ0) is 12.0. The molecular formula is C12H16N4O. The highest BCUT2D eigenvalue weighted by Crippen LogP contribution is 2.35. The molecule has 3 rings (SSSR count). The third kappa shape index (κ3) is 1.39. The number of piperazine rings is 1. The monoisotopic (exact) mass is 232 g/mol. The maximum atomic E-state index is 12.2. The standard InChI is InChI=1S/C12H16N4O/c1-15-10-7-14-5-6-16(10)11-8(12(15)17)3-2-4-9(11)13/h2-4,10,14H,5-7,13H2,1H3. The van der Waals surface area contributed by atoms with Crippen LogP contribution < -0.4 is 16.0 Å². The van der Waals surface area contributed by atoms with Gasteiger partial charge in [0.05, 0.1) is 16.9 Å². The van der Waals surface area contributed by atoms with E-state index >= 15 is 0 Å². The Morgan fingerprint density at radius 1 is 1.47 bits per heavy atom. The molecule has 0 saturated carbocycles. The minimum Gasteiger partial charge on any atom is -0.397 e. The number of amides is 1. The molecule has 5 heteroatoms. The zero-order valence-electron chi connectivity index (χ0n) is 9.81. The lowest BCUT2D eigenvalue weighted by atomic mass is 10.0. The summed E-state index contributed by atoms with van der Waals surface area (Å²) in [6.07, 6.45) is 0.0773. The topological polar surface area (TPSA) is 61.6 Å². The largest absolute Gasteiger partial charge is 0.397 e. The van der Waals surface area contributed by atoms with Crippen LogP contribution in [-0.4, -0.2) is 43.7 Å². The maximum Gasteiger partial charge on any atom is 0.257 e. The fourth-order valence-corrected chi connectivity index (χ4v) is 2.68. The molecule has 1 atom stereocenters. The second kappa shape index (κ2) is 3.63. The number of likely N-dealkylation sites (N-methyl/N-ethyl adjacent to an activating group) is 1. The first kappa shape index (κ1) is 10.4. The number of carbonyl (C=O) groups excluding carboxylic acids is 1. The van der Waals surface area contributed by atoms with Crippen molar-refractivity contribution in [2.24, 2.45) is 0 Å². The van der Waals surface area contributed by atoms with E-state index in [9.17, 15) is 4.79 Å². The molecule has 0 aromatic heterocycles. The van der Waals surface area contributed by atoms with Gasteiger partial charge >= 0.3 is 0 Å². The molecule has 17 heavy (non-hydrogen) atoms. The molecule has 2 heterocycles. The summed E-state index contributed by atoms with van der Waals surface area (Å²) in [6.45, 7) is 2.59. The fourth-order valence-electron chi connectivity index (χ4n) is 2.68. The van der Waals surface area contributed by atoms with Gasteiger partial charge in [-0.3, -0.25) is 4.79 Å². The van der Waals surface area contributed by atoms with Crippen LogP contribution in [0.5, 0.6) is 0 Å². The molecule has 1 unspecified atom stereocenters. The summed E-state index contributed by atoms with van der Waals surface area (Å²) in [5.41, 5.74) is 8.33. The van der Waals surface area contributed by atoms with Crippen molar-refractivity contribution >= 4 is 17.3 Å². The molecule has 1 aromatic rings. The Hall–Kier alpha value is -1.75. The van der Waals surface area contributed by atoms with Crippen molar-refractivity contribution in [3.63, 3.8) is 0 Å². The first-order valence-corrected chi connectivity index (χ1v) is 5.83. The van der Waals surface area contributed by atoms with E-state index < -0.39 is 0 Å². The number of nitrogens with two attached hydrogens (primary N) is 1. The fraction of sp³-hybridized carbons (Fsp3) is 0.417. The van der Waals surface area contributed by atoms with Crippen molar-refractivity contribution in [2.45, 2.75) is 6.17 Å². The number of anilines is 2.